The van der Waals surface area contributed by atoms with Gasteiger partial charge in [-0.3, -0.25) is 14.9 Å². The van der Waals surface area contributed by atoms with Gasteiger partial charge in [0.05, 0.1) is 68.6 Å². The van der Waals surface area contributed by atoms with E-state index in [1.807, 2.05) is 0 Å². The van der Waals surface area contributed by atoms with E-state index in [2.05, 4.69) is 18.5 Å². The molecule has 0 aromatic heterocycles. The van der Waals surface area contributed by atoms with Gasteiger partial charge in [-0.25, -0.2) is 14.5 Å². The minimum absolute atomic E-state index is 0.0123. The molecule has 2 saturated heterocycles. The van der Waals surface area contributed by atoms with Crippen LogP contribution in [0.2, 0.25) is 0 Å². The van der Waals surface area contributed by atoms with Gasteiger partial charge in [0.1, 0.15) is 24.8 Å². The number of likely N-dealkylation sites (tertiary alicyclic amines) is 1. The molecule has 62 heavy (non-hydrogen) atoms. The average Bonchev–Trinajstić information content (AvgIpc) is 3.94. The van der Waals surface area contributed by atoms with Gasteiger partial charge in [-0.1, -0.05) is 25.3 Å². The zero-order valence-corrected chi connectivity index (χ0v) is 35.9. The van der Waals surface area contributed by atoms with Gasteiger partial charge in [-0.05, 0) is 64.5 Å². The molecule has 338 valence electrons. The number of benzene rings is 2. The fourth-order valence-electron chi connectivity index (χ4n) is 7.27. The van der Waals surface area contributed by atoms with Crippen LogP contribution in [0.15, 0.2) is 49.6 Å². The van der Waals surface area contributed by atoms with E-state index in [1.54, 1.807) is 9.80 Å². The summed E-state index contributed by atoms with van der Waals surface area (Å²) in [4.78, 5) is 78.0. The normalized spacial score (nSPS) is 17.6. The van der Waals surface area contributed by atoms with E-state index in [0.717, 1.165) is 17.7 Å². The van der Waals surface area contributed by atoms with Crippen LogP contribution in [0.3, 0.4) is 0 Å². The number of aliphatic hydroxyl groups excluding tert-OH is 2. The molecular weight excluding hydrogens is 808 g/mol. The highest BCUT2D eigenvalue weighted by atomic mass is 16.6. The number of hydrogen-bond donors (Lipinski definition) is 3. The highest BCUT2D eigenvalue weighted by Gasteiger charge is 2.45. The Balaban J connectivity index is 0.000000273. The number of methoxy groups -OCH3 is 2. The van der Waals surface area contributed by atoms with E-state index in [1.165, 1.54) is 64.5 Å². The van der Waals surface area contributed by atoms with Crippen LogP contribution in [0.4, 0.5) is 21.0 Å². The van der Waals surface area contributed by atoms with Crippen LogP contribution in [-0.4, -0.2) is 134 Å². The molecule has 2 aromatic rings. The van der Waals surface area contributed by atoms with Crippen LogP contribution in [0, 0.1) is 0 Å². The third-order valence-electron chi connectivity index (χ3n) is 10.3. The van der Waals surface area contributed by atoms with Crippen LogP contribution in [0.1, 0.15) is 85.9 Å². The summed E-state index contributed by atoms with van der Waals surface area (Å²) in [6.07, 6.45) is 4.63. The Hall–Kier alpha value is -6.14. The van der Waals surface area contributed by atoms with Crippen molar-refractivity contribution in [2.75, 3.05) is 70.6 Å². The van der Waals surface area contributed by atoms with Gasteiger partial charge in [0.15, 0.2) is 29.2 Å². The van der Waals surface area contributed by atoms with E-state index in [-0.39, 0.29) is 85.0 Å². The third kappa shape index (κ3) is 12.5. The maximum atomic E-state index is 13.2. The molecule has 3 N–H and O–H groups in total. The number of anilines is 2. The van der Waals surface area contributed by atoms with Crippen molar-refractivity contribution in [2.45, 2.75) is 83.5 Å². The number of nitrogens with zero attached hydrogens (tertiary/aromatic N) is 3. The Kier molecular flexibility index (Phi) is 18.6. The molecule has 0 aliphatic carbocycles. The topological polar surface area (TPSA) is 220 Å². The van der Waals surface area contributed by atoms with Crippen LogP contribution in [0.5, 0.6) is 23.0 Å². The van der Waals surface area contributed by atoms with Crippen LogP contribution in [-0.2, 0) is 19.1 Å². The molecular formula is C44H58N4O14. The van der Waals surface area contributed by atoms with E-state index in [9.17, 15) is 39.0 Å². The van der Waals surface area contributed by atoms with Gasteiger partial charge < -0.3 is 58.0 Å². The molecule has 0 bridgehead atoms. The van der Waals surface area contributed by atoms with Gasteiger partial charge in [-0.2, -0.15) is 0 Å². The molecule has 18 nitrogen and oxygen atoms in total. The molecule has 0 saturated carbocycles. The lowest BCUT2D eigenvalue weighted by molar-refractivity contribution is -0.118. The minimum atomic E-state index is -1.27. The zero-order valence-electron chi connectivity index (χ0n) is 35.9. The standard InChI is InChI=1S/C22H28N2O7.C22H30N2O7/c1-4-10-31-22(28)24-17-13-19(30-11-6-7-14(2)25)18(29-3)12-15(17)20(26)23-9-5-8-16(23)21(24)27;1-4-10-31-22(28)23-18-13-20(30-11-6-7-15(2)26)19(29-3)12-17(18)21(27)24-9-5-8-16(24)14-25/h4,12-13,16,21,27H,1,5-11H2,2-3H3;4,12-13,16,25H,1,5-11,14H2,2-3H3,(H,23,28)/t16-,21-;16-/m00/s1. The Morgan fingerprint density at radius 1 is 0.823 bits per heavy atom. The van der Waals surface area contributed by atoms with Gasteiger partial charge in [0, 0.05) is 38.1 Å². The number of aliphatic hydroxyl groups is 2. The lowest BCUT2D eigenvalue weighted by atomic mass is 10.1. The van der Waals surface area contributed by atoms with Crippen molar-refractivity contribution in [3.63, 3.8) is 0 Å². The summed E-state index contributed by atoms with van der Waals surface area (Å²) >= 11 is 0. The number of hydrogen-bond acceptors (Lipinski definition) is 14. The average molecular weight is 867 g/mol. The fraction of sp³-hybridized carbons (Fsp3) is 0.500. The van der Waals surface area contributed by atoms with E-state index >= 15 is 0 Å². The van der Waals surface area contributed by atoms with Crippen molar-refractivity contribution in [3.05, 3.63) is 60.7 Å². The van der Waals surface area contributed by atoms with Crippen molar-refractivity contribution in [3.8, 4) is 23.0 Å². The highest BCUT2D eigenvalue weighted by molar-refractivity contribution is 6.06. The molecule has 0 spiro atoms. The number of amides is 4. The molecule has 2 fully saturated rings. The summed E-state index contributed by atoms with van der Waals surface area (Å²) < 4.78 is 32.5. The first-order valence-electron chi connectivity index (χ1n) is 20.5. The van der Waals surface area contributed by atoms with Crippen LogP contribution >= 0.6 is 0 Å². The van der Waals surface area contributed by atoms with Crippen molar-refractivity contribution < 1.29 is 67.4 Å². The molecule has 0 radical (unpaired) electrons. The largest absolute Gasteiger partial charge is 0.493 e. The predicted molar refractivity (Wildman–Crippen MR) is 227 cm³/mol. The number of fused-ring (bicyclic) bond motifs is 2. The lowest BCUT2D eigenvalue weighted by Gasteiger charge is -2.31. The number of ether oxygens (including phenoxy) is 6. The summed E-state index contributed by atoms with van der Waals surface area (Å²) in [6.45, 7) is 11.4. The number of Topliss-reactive ketones (excluding diaryl/α,β-unsaturated/α-hetero) is 2. The Morgan fingerprint density at radius 3 is 2.02 bits per heavy atom. The summed E-state index contributed by atoms with van der Waals surface area (Å²) in [5.74, 6) is 0.748. The summed E-state index contributed by atoms with van der Waals surface area (Å²) in [5, 5.41) is 23.2. The molecule has 2 aromatic carbocycles. The molecule has 0 unspecified atom stereocenters. The zero-order chi connectivity index (χ0) is 45.3. The monoisotopic (exact) mass is 866 g/mol. The molecule has 18 heteroatoms. The molecule has 3 aliphatic rings. The molecule has 4 amide bonds. The maximum absolute atomic E-state index is 13.2. The third-order valence-corrected chi connectivity index (χ3v) is 10.3. The molecule has 3 aliphatic heterocycles. The van der Waals surface area contributed by atoms with Gasteiger partial charge in [0.25, 0.3) is 11.8 Å². The van der Waals surface area contributed by atoms with Crippen LogP contribution < -0.4 is 29.2 Å². The van der Waals surface area contributed by atoms with E-state index < -0.39 is 24.5 Å². The predicted octanol–water partition coefficient (Wildman–Crippen LogP) is 5.28. The molecule has 3 heterocycles. The second-order valence-corrected chi connectivity index (χ2v) is 14.7. The first-order chi connectivity index (χ1) is 29.8. The van der Waals surface area contributed by atoms with Crippen molar-refractivity contribution in [2.24, 2.45) is 0 Å². The van der Waals surface area contributed by atoms with Gasteiger partial charge >= 0.3 is 12.2 Å². The highest BCUT2D eigenvalue weighted by Crippen LogP contribution is 2.41. The minimum Gasteiger partial charge on any atom is -0.493 e. The first-order valence-corrected chi connectivity index (χ1v) is 20.5. The molecule has 5 rings (SSSR count). The number of carbonyl (C=O) groups excluding carboxylic acids is 6. The lowest BCUT2D eigenvalue weighted by Crippen LogP contribution is -2.50. The van der Waals surface area contributed by atoms with Crippen LogP contribution in [0.25, 0.3) is 0 Å². The number of ketones is 2. The number of nitrogens with one attached hydrogen (secondary N) is 1. The Labute approximate surface area is 361 Å². The summed E-state index contributed by atoms with van der Waals surface area (Å²) in [5.41, 5.74) is 0.795. The SMILES string of the molecule is C=CCOC(=O)N1c2cc(OCCCC(C)=O)c(OC)cc2C(=O)N2CCC[C@H]2[C@@H]1O.C=CCOC(=O)Nc1cc(OCCCC(C)=O)c(OC)cc1C(=O)N1CCC[C@H]1CO. The Bertz CT molecular complexity index is 1950. The molecule has 3 atom stereocenters. The number of carbonyl (C=O) groups is 6. The van der Waals surface area contributed by atoms with Gasteiger partial charge in [0.2, 0.25) is 0 Å². The van der Waals surface area contributed by atoms with E-state index in [4.69, 9.17) is 28.4 Å². The number of rotatable bonds is 19. The first kappa shape index (κ1) is 48.5. The van der Waals surface area contributed by atoms with Crippen molar-refractivity contribution in [1.29, 1.82) is 0 Å². The second-order valence-electron chi connectivity index (χ2n) is 14.7. The summed E-state index contributed by atoms with van der Waals surface area (Å²) in [7, 11) is 2.90. The Morgan fingerprint density at radius 2 is 1.42 bits per heavy atom. The summed E-state index contributed by atoms with van der Waals surface area (Å²) in [6, 6.07) is 5.19. The van der Waals surface area contributed by atoms with Crippen molar-refractivity contribution >= 4 is 46.9 Å². The smallest absolute Gasteiger partial charge is 0.416 e. The van der Waals surface area contributed by atoms with Gasteiger partial charge in [-0.15, -0.1) is 0 Å². The van der Waals surface area contributed by atoms with Crippen molar-refractivity contribution in [1.82, 2.24) is 9.80 Å². The second kappa shape index (κ2) is 23.7. The maximum Gasteiger partial charge on any atom is 0.416 e. The van der Waals surface area contributed by atoms with E-state index in [0.29, 0.717) is 74.6 Å². The quantitative estimate of drug-likeness (QED) is 0.121. The fourth-order valence-corrected chi connectivity index (χ4v) is 7.27.